The zero-order chi connectivity index (χ0) is 20.0. The number of rotatable bonds is 6. The number of nitro groups is 1. The molecular weight excluding hydrogens is 463 g/mol. The fraction of sp³-hybridized carbons (Fsp3) is 0.0625. The van der Waals surface area contributed by atoms with Gasteiger partial charge in [-0.05, 0) is 40.2 Å². The molecule has 0 unspecified atom stereocenters. The van der Waals surface area contributed by atoms with Gasteiger partial charge in [0.15, 0.2) is 0 Å². The summed E-state index contributed by atoms with van der Waals surface area (Å²) >= 11 is 14.7. The van der Waals surface area contributed by atoms with Crippen molar-refractivity contribution >= 4 is 68.5 Å². The Balaban J connectivity index is 1.89. The third-order valence-corrected chi connectivity index (χ3v) is 4.50. The summed E-state index contributed by atoms with van der Waals surface area (Å²) in [6.07, 6.45) is 0.756. The minimum absolute atomic E-state index is 0.133. The van der Waals surface area contributed by atoms with E-state index >= 15 is 0 Å². The van der Waals surface area contributed by atoms with E-state index in [1.807, 2.05) is 0 Å². The first-order valence-corrected chi connectivity index (χ1v) is 8.82. The highest BCUT2D eigenvalue weighted by atomic mass is 79.9. The monoisotopic (exact) mass is 472 g/mol. The topological polar surface area (TPSA) is 114 Å². The molecule has 0 spiro atoms. The van der Waals surface area contributed by atoms with Gasteiger partial charge in [-0.3, -0.25) is 19.7 Å². The van der Waals surface area contributed by atoms with Gasteiger partial charge in [-0.1, -0.05) is 29.3 Å². The van der Waals surface area contributed by atoms with Crippen LogP contribution >= 0.6 is 39.1 Å². The van der Waals surface area contributed by atoms with Crippen molar-refractivity contribution in [2.45, 2.75) is 6.42 Å². The highest BCUT2D eigenvalue weighted by Gasteiger charge is 2.12. The van der Waals surface area contributed by atoms with Crippen molar-refractivity contribution in [2.75, 3.05) is 5.32 Å². The fourth-order valence-corrected chi connectivity index (χ4v) is 2.58. The maximum absolute atomic E-state index is 11.8. The summed E-state index contributed by atoms with van der Waals surface area (Å²) in [6, 6.07) is 8.87. The molecule has 0 aromatic heterocycles. The average Bonchev–Trinajstić information content (AvgIpc) is 2.59. The highest BCUT2D eigenvalue weighted by molar-refractivity contribution is 9.10. The third kappa shape index (κ3) is 6.31. The van der Waals surface area contributed by atoms with Crippen LogP contribution in [0, 0.1) is 10.1 Å². The third-order valence-electron chi connectivity index (χ3n) is 3.09. The number of nitro benzene ring substituents is 1. The summed E-state index contributed by atoms with van der Waals surface area (Å²) in [5, 5.41) is 17.7. The van der Waals surface area contributed by atoms with Crippen molar-refractivity contribution in [1.29, 1.82) is 0 Å². The predicted molar refractivity (Wildman–Crippen MR) is 106 cm³/mol. The second-order valence-electron chi connectivity index (χ2n) is 5.11. The lowest BCUT2D eigenvalue weighted by atomic mass is 10.2. The van der Waals surface area contributed by atoms with E-state index in [0.29, 0.717) is 20.7 Å². The lowest BCUT2D eigenvalue weighted by Crippen LogP contribution is -2.24. The molecule has 2 rings (SSSR count). The molecule has 0 radical (unpaired) electrons. The van der Waals surface area contributed by atoms with Crippen molar-refractivity contribution in [3.63, 3.8) is 0 Å². The van der Waals surface area contributed by atoms with Crippen LogP contribution in [0.15, 0.2) is 46.0 Å². The number of nitrogens with zero attached hydrogens (tertiary/aromatic N) is 2. The zero-order valence-corrected chi connectivity index (χ0v) is 16.5. The molecule has 0 aliphatic rings. The van der Waals surface area contributed by atoms with Gasteiger partial charge in [-0.25, -0.2) is 5.43 Å². The molecule has 0 aliphatic carbocycles. The van der Waals surface area contributed by atoms with Crippen molar-refractivity contribution in [1.82, 2.24) is 5.43 Å². The second-order valence-corrected chi connectivity index (χ2v) is 6.78. The summed E-state index contributed by atoms with van der Waals surface area (Å²) in [4.78, 5) is 33.9. The quantitative estimate of drug-likeness (QED) is 0.284. The number of carbonyl (C=O) groups excluding carboxylic acids is 2. The summed E-state index contributed by atoms with van der Waals surface area (Å²) in [7, 11) is 0. The molecular formula is C16H11BrCl2N4O4. The molecule has 27 heavy (non-hydrogen) atoms. The van der Waals surface area contributed by atoms with Crippen LogP contribution < -0.4 is 10.7 Å². The lowest BCUT2D eigenvalue weighted by Gasteiger charge is -2.05. The number of hydrogen-bond donors (Lipinski definition) is 2. The van der Waals surface area contributed by atoms with Crippen LogP contribution in [-0.4, -0.2) is 23.0 Å². The first kappa shape index (κ1) is 20.8. The Hall–Kier alpha value is -2.49. The van der Waals surface area contributed by atoms with E-state index in [-0.39, 0.29) is 10.7 Å². The van der Waals surface area contributed by atoms with Gasteiger partial charge in [0.1, 0.15) is 6.42 Å². The first-order chi connectivity index (χ1) is 12.8. The summed E-state index contributed by atoms with van der Waals surface area (Å²) in [5.41, 5.74) is 2.84. The smallest absolute Gasteiger partial charge is 0.284 e. The summed E-state index contributed by atoms with van der Waals surface area (Å²) in [6.45, 7) is 0. The molecule has 0 saturated carbocycles. The van der Waals surface area contributed by atoms with Gasteiger partial charge < -0.3 is 5.32 Å². The maximum atomic E-state index is 11.8. The zero-order valence-electron chi connectivity index (χ0n) is 13.4. The number of anilines is 1. The highest BCUT2D eigenvalue weighted by Crippen LogP contribution is 2.25. The number of halogens is 3. The van der Waals surface area contributed by atoms with Crippen LogP contribution in [0.25, 0.3) is 0 Å². The van der Waals surface area contributed by atoms with Gasteiger partial charge in [0.2, 0.25) is 11.8 Å². The molecule has 140 valence electrons. The van der Waals surface area contributed by atoms with Gasteiger partial charge in [0.25, 0.3) is 5.69 Å². The molecule has 2 amide bonds. The number of hydrogen-bond acceptors (Lipinski definition) is 5. The molecule has 2 N–H and O–H groups in total. The van der Waals surface area contributed by atoms with E-state index < -0.39 is 23.2 Å². The van der Waals surface area contributed by atoms with Crippen LogP contribution in [0.2, 0.25) is 10.0 Å². The molecule has 2 aromatic rings. The maximum Gasteiger partial charge on any atom is 0.284 e. The van der Waals surface area contributed by atoms with Gasteiger partial charge in [0, 0.05) is 17.3 Å². The van der Waals surface area contributed by atoms with Gasteiger partial charge in [-0.2, -0.15) is 5.10 Å². The summed E-state index contributed by atoms with van der Waals surface area (Å²) < 4.78 is 0.327. The first-order valence-electron chi connectivity index (χ1n) is 7.27. The Morgan fingerprint density at radius 2 is 1.89 bits per heavy atom. The van der Waals surface area contributed by atoms with Crippen molar-refractivity contribution < 1.29 is 14.5 Å². The van der Waals surface area contributed by atoms with Crippen molar-refractivity contribution in [3.05, 3.63) is 66.6 Å². The number of amides is 2. The van der Waals surface area contributed by atoms with E-state index in [0.717, 1.165) is 0 Å². The number of carbonyl (C=O) groups is 2. The average molecular weight is 474 g/mol. The fourth-order valence-electron chi connectivity index (χ4n) is 1.89. The van der Waals surface area contributed by atoms with E-state index in [9.17, 15) is 19.7 Å². The molecule has 0 aliphatic heterocycles. The minimum Gasteiger partial charge on any atom is -0.326 e. The predicted octanol–water partition coefficient (Wildman–Crippen LogP) is 4.14. The summed E-state index contributed by atoms with van der Waals surface area (Å²) in [5.74, 6) is -1.23. The minimum atomic E-state index is -0.657. The molecule has 2 aromatic carbocycles. The lowest BCUT2D eigenvalue weighted by molar-refractivity contribution is -0.385. The Morgan fingerprint density at radius 3 is 2.56 bits per heavy atom. The normalized spacial score (nSPS) is 10.6. The Bertz CT molecular complexity index is 937. The Labute approximate surface area is 171 Å². The molecule has 11 heteroatoms. The van der Waals surface area contributed by atoms with Gasteiger partial charge in [-0.15, -0.1) is 0 Å². The van der Waals surface area contributed by atoms with Crippen LogP contribution in [0.1, 0.15) is 12.0 Å². The van der Waals surface area contributed by atoms with Crippen LogP contribution in [-0.2, 0) is 9.59 Å². The molecule has 0 saturated heterocycles. The van der Waals surface area contributed by atoms with Crippen LogP contribution in [0.3, 0.4) is 0 Å². The largest absolute Gasteiger partial charge is 0.326 e. The molecule has 0 fully saturated rings. The standard InChI is InChI=1S/C16H11BrCl2N4O4/c17-11-3-1-9(5-14(11)23(26)27)8-20-22-16(25)7-15(24)21-10-2-4-12(18)13(19)6-10/h1-6,8H,7H2,(H,21,24)(H,22,25). The van der Waals surface area contributed by atoms with E-state index in [1.165, 1.54) is 30.5 Å². The van der Waals surface area contributed by atoms with E-state index in [1.54, 1.807) is 12.1 Å². The Kier molecular flexibility index (Phi) is 7.28. The van der Waals surface area contributed by atoms with E-state index in [4.69, 9.17) is 23.2 Å². The van der Waals surface area contributed by atoms with Crippen LogP contribution in [0.5, 0.6) is 0 Å². The molecule has 8 nitrogen and oxygen atoms in total. The SMILES string of the molecule is O=C(CC(=O)Nc1ccc(Cl)c(Cl)c1)NN=Cc1ccc(Br)c([N+](=O)[O-])c1. The second kappa shape index (κ2) is 9.45. The van der Waals surface area contributed by atoms with Crippen molar-refractivity contribution in [2.24, 2.45) is 5.10 Å². The van der Waals surface area contributed by atoms with Gasteiger partial charge >= 0.3 is 0 Å². The number of nitrogens with one attached hydrogen (secondary N) is 2. The number of hydrazone groups is 1. The molecule has 0 atom stereocenters. The molecule has 0 heterocycles. The molecule has 0 bridgehead atoms. The van der Waals surface area contributed by atoms with Gasteiger partial charge in [0.05, 0.1) is 25.7 Å². The van der Waals surface area contributed by atoms with Crippen LogP contribution in [0.4, 0.5) is 11.4 Å². The Morgan fingerprint density at radius 1 is 1.15 bits per heavy atom. The van der Waals surface area contributed by atoms with E-state index in [2.05, 4.69) is 31.8 Å². The van der Waals surface area contributed by atoms with Crippen molar-refractivity contribution in [3.8, 4) is 0 Å². The number of benzene rings is 2.